The molecule has 0 saturated carbocycles. The smallest absolute Gasteiger partial charge is 0.394 e. The fourth-order valence-corrected chi connectivity index (χ4v) is 0.683. The maximum absolute atomic E-state index is 8.98. The Balaban J connectivity index is 0.000000336. The van der Waals surface area contributed by atoms with Crippen LogP contribution >= 0.6 is 0 Å². The van der Waals surface area contributed by atoms with Gasteiger partial charge in [-0.3, -0.25) is 9.11 Å². The molecule has 1 atom stereocenters. The number of anilines is 2. The van der Waals surface area contributed by atoms with Crippen LogP contribution in [0.3, 0.4) is 0 Å². The number of nitrogens with two attached hydrogens (primary N) is 2. The molecule has 1 unspecified atom stereocenters. The number of aromatic nitrogens is 2. The van der Waals surface area contributed by atoms with E-state index in [0.29, 0.717) is 11.5 Å². The highest BCUT2D eigenvalue weighted by Gasteiger charge is 2.06. The van der Waals surface area contributed by atoms with Gasteiger partial charge in [0.2, 0.25) is 0 Å². The average molecular weight is 240 g/mol. The molecule has 0 spiro atoms. The second kappa shape index (κ2) is 4.93. The molecular formula is C5H12N4O5S. The van der Waals surface area contributed by atoms with E-state index in [9.17, 15) is 0 Å². The van der Waals surface area contributed by atoms with E-state index in [0.717, 1.165) is 0 Å². The highest BCUT2D eigenvalue weighted by molar-refractivity contribution is 7.79. The molecule has 7 N–H and O–H groups in total. The molecule has 1 rings (SSSR count). The third-order valence-corrected chi connectivity index (χ3v) is 1.22. The van der Waals surface area contributed by atoms with Gasteiger partial charge in [-0.05, 0) is 6.92 Å². The van der Waals surface area contributed by atoms with Gasteiger partial charge in [0, 0.05) is 0 Å². The minimum absolute atomic E-state index is 0.301. The topological polar surface area (TPSA) is 165 Å². The van der Waals surface area contributed by atoms with Crippen LogP contribution in [-0.4, -0.2) is 32.4 Å². The Kier molecular flexibility index (Phi) is 4.48. The Bertz CT molecular complexity index is 403. The Morgan fingerprint density at radius 2 is 1.87 bits per heavy atom. The maximum atomic E-state index is 8.98. The summed E-state index contributed by atoms with van der Waals surface area (Å²) in [5.74, 6) is 0.301. The molecule has 1 heterocycles. The molecule has 9 nitrogen and oxygen atoms in total. The van der Waals surface area contributed by atoms with E-state index in [1.165, 1.54) is 10.9 Å². The van der Waals surface area contributed by atoms with Gasteiger partial charge in [0.25, 0.3) is 0 Å². The zero-order valence-corrected chi connectivity index (χ0v) is 8.59. The second-order valence-electron chi connectivity index (χ2n) is 2.51. The predicted molar refractivity (Wildman–Crippen MR) is 52.2 cm³/mol. The summed E-state index contributed by atoms with van der Waals surface area (Å²) in [6.07, 6.45) is 0.680. The van der Waals surface area contributed by atoms with Crippen LogP contribution in [0.2, 0.25) is 0 Å². The zero-order valence-electron chi connectivity index (χ0n) is 7.77. The molecule has 0 aromatic carbocycles. The van der Waals surface area contributed by atoms with Gasteiger partial charge in [-0.25, -0.2) is 4.68 Å². The van der Waals surface area contributed by atoms with Crippen molar-refractivity contribution in [1.82, 2.24) is 9.78 Å². The SMILES string of the molecule is CC(O)n1ncc(N)c1N.O=S(=O)(O)O. The summed E-state index contributed by atoms with van der Waals surface area (Å²) in [5, 5.41) is 12.7. The second-order valence-corrected chi connectivity index (χ2v) is 3.41. The summed E-state index contributed by atoms with van der Waals surface area (Å²) in [6, 6.07) is 0. The normalized spacial score (nSPS) is 12.8. The number of nitrogen functional groups attached to an aromatic ring is 2. The monoisotopic (exact) mass is 240 g/mol. The van der Waals surface area contributed by atoms with Gasteiger partial charge in [0.1, 0.15) is 12.0 Å². The van der Waals surface area contributed by atoms with E-state index < -0.39 is 16.6 Å². The molecule has 0 bridgehead atoms. The van der Waals surface area contributed by atoms with E-state index in [2.05, 4.69) is 5.10 Å². The van der Waals surface area contributed by atoms with Crippen LogP contribution in [0.1, 0.15) is 13.2 Å². The van der Waals surface area contributed by atoms with Crippen molar-refractivity contribution in [3.05, 3.63) is 6.20 Å². The lowest BCUT2D eigenvalue weighted by Crippen LogP contribution is -2.09. The average Bonchev–Trinajstić information content (AvgIpc) is 2.29. The quantitative estimate of drug-likeness (QED) is 0.386. The molecule has 0 aliphatic carbocycles. The van der Waals surface area contributed by atoms with Crippen molar-refractivity contribution in [3.8, 4) is 0 Å². The molecule has 0 amide bonds. The minimum Gasteiger partial charge on any atom is -0.394 e. The van der Waals surface area contributed by atoms with Crippen molar-refractivity contribution in [2.45, 2.75) is 13.2 Å². The first-order valence-corrected chi connectivity index (χ1v) is 4.99. The lowest BCUT2D eigenvalue weighted by Gasteiger charge is -2.05. The number of rotatable bonds is 1. The fraction of sp³-hybridized carbons (Fsp3) is 0.400. The lowest BCUT2D eigenvalue weighted by molar-refractivity contribution is 0.113. The summed E-state index contributed by atoms with van der Waals surface area (Å²) < 4.78 is 32.8. The molecule has 0 aliphatic rings. The van der Waals surface area contributed by atoms with E-state index in [4.69, 9.17) is 34.1 Å². The molecule has 1 aromatic rings. The predicted octanol–water partition coefficient (Wildman–Crippen LogP) is -1.09. The van der Waals surface area contributed by atoms with E-state index in [-0.39, 0.29) is 0 Å². The van der Waals surface area contributed by atoms with Gasteiger partial charge in [-0.2, -0.15) is 13.5 Å². The summed E-state index contributed by atoms with van der Waals surface area (Å²) in [6.45, 7) is 1.56. The van der Waals surface area contributed by atoms with Gasteiger partial charge in [-0.1, -0.05) is 0 Å². The number of hydrogen-bond donors (Lipinski definition) is 5. The standard InChI is InChI=1S/C5H10N4O.H2O4S/c1-3(10)9-5(7)4(6)2-8-9;1-5(2,3)4/h2-3,10H,6-7H2,1H3;(H2,1,2,3,4). The van der Waals surface area contributed by atoms with E-state index in [1.54, 1.807) is 6.92 Å². The van der Waals surface area contributed by atoms with Gasteiger partial charge >= 0.3 is 10.4 Å². The van der Waals surface area contributed by atoms with E-state index in [1.807, 2.05) is 0 Å². The van der Waals surface area contributed by atoms with Crippen LogP contribution in [0.15, 0.2) is 6.20 Å². The Morgan fingerprint density at radius 3 is 2.00 bits per heavy atom. The number of hydrogen-bond acceptors (Lipinski definition) is 6. The molecule has 0 radical (unpaired) electrons. The number of aliphatic hydroxyl groups excluding tert-OH is 1. The third-order valence-electron chi connectivity index (χ3n) is 1.22. The molecule has 0 saturated heterocycles. The van der Waals surface area contributed by atoms with E-state index >= 15 is 0 Å². The van der Waals surface area contributed by atoms with Crippen LogP contribution in [0, 0.1) is 0 Å². The largest absolute Gasteiger partial charge is 0.394 e. The lowest BCUT2D eigenvalue weighted by atomic mass is 10.5. The van der Waals surface area contributed by atoms with Gasteiger partial charge < -0.3 is 16.6 Å². The molecule has 0 fully saturated rings. The maximum Gasteiger partial charge on any atom is 0.394 e. The third kappa shape index (κ3) is 5.85. The first-order chi connectivity index (χ1) is 6.63. The van der Waals surface area contributed by atoms with Crippen molar-refractivity contribution in [2.75, 3.05) is 11.5 Å². The van der Waals surface area contributed by atoms with Crippen molar-refractivity contribution >= 4 is 21.9 Å². The van der Waals surface area contributed by atoms with Gasteiger partial charge in [0.05, 0.1) is 11.9 Å². The first-order valence-electron chi connectivity index (χ1n) is 3.59. The van der Waals surface area contributed by atoms with Crippen LogP contribution in [0.25, 0.3) is 0 Å². The molecular weight excluding hydrogens is 228 g/mol. The minimum atomic E-state index is -4.67. The Morgan fingerprint density at radius 1 is 1.47 bits per heavy atom. The molecule has 10 heteroatoms. The van der Waals surface area contributed by atoms with Gasteiger partial charge in [0.15, 0.2) is 0 Å². The molecule has 88 valence electrons. The fourth-order valence-electron chi connectivity index (χ4n) is 0.683. The van der Waals surface area contributed by atoms with Crippen molar-refractivity contribution in [3.63, 3.8) is 0 Å². The molecule has 0 aliphatic heterocycles. The van der Waals surface area contributed by atoms with Crippen molar-refractivity contribution in [1.29, 1.82) is 0 Å². The Labute approximate surface area is 85.9 Å². The van der Waals surface area contributed by atoms with Crippen LogP contribution in [-0.2, 0) is 10.4 Å². The summed E-state index contributed by atoms with van der Waals surface area (Å²) in [5.41, 5.74) is 11.2. The number of aliphatic hydroxyl groups is 1. The van der Waals surface area contributed by atoms with Gasteiger partial charge in [-0.15, -0.1) is 0 Å². The Hall–Kier alpha value is -1.36. The van der Waals surface area contributed by atoms with Crippen LogP contribution in [0.5, 0.6) is 0 Å². The van der Waals surface area contributed by atoms with Crippen LogP contribution < -0.4 is 11.5 Å². The summed E-state index contributed by atoms with van der Waals surface area (Å²) >= 11 is 0. The molecule has 15 heavy (non-hydrogen) atoms. The number of nitrogens with zero attached hydrogens (tertiary/aromatic N) is 2. The van der Waals surface area contributed by atoms with Crippen LogP contribution in [0.4, 0.5) is 11.5 Å². The molecule has 1 aromatic heterocycles. The highest BCUT2D eigenvalue weighted by Crippen LogP contribution is 2.15. The van der Waals surface area contributed by atoms with Crippen molar-refractivity contribution < 1.29 is 22.6 Å². The van der Waals surface area contributed by atoms with Crippen molar-refractivity contribution in [2.24, 2.45) is 0 Å². The highest BCUT2D eigenvalue weighted by atomic mass is 32.3. The first kappa shape index (κ1) is 13.6. The summed E-state index contributed by atoms with van der Waals surface area (Å²) in [4.78, 5) is 0. The zero-order chi connectivity index (χ0) is 12.2. The summed E-state index contributed by atoms with van der Waals surface area (Å²) in [7, 11) is -4.67.